The Morgan fingerprint density at radius 1 is 0.581 bits per heavy atom. The van der Waals surface area contributed by atoms with Gasteiger partial charge in [-0.05, 0) is 64.2 Å². The minimum atomic E-state index is -5.17. The summed E-state index contributed by atoms with van der Waals surface area (Å²) in [4.78, 5) is 35.7. The van der Waals surface area contributed by atoms with Crippen molar-refractivity contribution in [1.29, 1.82) is 0 Å². The molecule has 0 aromatic heterocycles. The molecule has 0 aromatic carbocycles. The fraction of sp³-hybridized carbons (Fsp3) is 0.787. The average Bonchev–Trinajstić information content (AvgIpc) is 3.25. The van der Waals surface area contributed by atoms with E-state index in [0.717, 1.165) is 57.8 Å². The molecule has 0 amide bonds. The van der Waals surface area contributed by atoms with E-state index in [9.17, 15) is 49.7 Å². The van der Waals surface area contributed by atoms with Gasteiger partial charge < -0.3 is 45.0 Å². The Labute approximate surface area is 372 Å². The number of hydrogen-bond acceptors (Lipinski definition) is 13. The molecule has 0 aliphatic heterocycles. The van der Waals surface area contributed by atoms with Crippen molar-refractivity contribution >= 4 is 19.8 Å². The lowest BCUT2D eigenvalue weighted by atomic mass is 9.85. The van der Waals surface area contributed by atoms with Gasteiger partial charge in [0, 0.05) is 12.8 Å². The molecule has 4 unspecified atom stereocenters. The fourth-order valence-electron chi connectivity index (χ4n) is 6.88. The van der Waals surface area contributed by atoms with E-state index in [4.69, 9.17) is 18.5 Å². The first-order valence-electron chi connectivity index (χ1n) is 23.5. The highest BCUT2D eigenvalue weighted by Gasteiger charge is 2.51. The lowest BCUT2D eigenvalue weighted by Crippen LogP contribution is -2.64. The van der Waals surface area contributed by atoms with E-state index in [1.165, 1.54) is 70.6 Å². The van der Waals surface area contributed by atoms with E-state index in [0.29, 0.717) is 6.42 Å². The summed E-state index contributed by atoms with van der Waals surface area (Å²) in [6.07, 6.45) is 26.1. The van der Waals surface area contributed by atoms with Crippen molar-refractivity contribution in [1.82, 2.24) is 0 Å². The number of esters is 2. The Morgan fingerprint density at radius 2 is 1.06 bits per heavy atom. The fourth-order valence-corrected chi connectivity index (χ4v) is 7.85. The number of aliphatic hydroxyl groups excluding tert-OH is 6. The Hall–Kier alpha value is -2.23. The molecule has 1 rings (SSSR count). The summed E-state index contributed by atoms with van der Waals surface area (Å²) in [6.45, 7) is 3.11. The molecular formula is C47H83O14P. The van der Waals surface area contributed by atoms with Crippen molar-refractivity contribution in [3.05, 3.63) is 48.6 Å². The van der Waals surface area contributed by atoms with Crippen LogP contribution in [-0.4, -0.2) is 110 Å². The zero-order valence-corrected chi connectivity index (χ0v) is 38.7. The van der Waals surface area contributed by atoms with Gasteiger partial charge in [0.15, 0.2) is 6.10 Å². The molecule has 0 radical (unpaired) electrons. The lowest BCUT2D eigenvalue weighted by Gasteiger charge is -2.41. The molecule has 0 bridgehead atoms. The Bertz CT molecular complexity index is 1290. The largest absolute Gasteiger partial charge is 0.472 e. The van der Waals surface area contributed by atoms with E-state index in [1.54, 1.807) is 12.2 Å². The smallest absolute Gasteiger partial charge is 0.462 e. The van der Waals surface area contributed by atoms with E-state index in [2.05, 4.69) is 38.2 Å². The molecule has 1 fully saturated rings. The Balaban J connectivity index is 2.55. The molecule has 1 aliphatic carbocycles. The number of phosphoric acid groups is 1. The third-order valence-corrected chi connectivity index (χ3v) is 11.7. The minimum absolute atomic E-state index is 0.122. The van der Waals surface area contributed by atoms with Gasteiger partial charge in [-0.15, -0.1) is 0 Å². The van der Waals surface area contributed by atoms with Gasteiger partial charge in [0.05, 0.1) is 12.7 Å². The monoisotopic (exact) mass is 903 g/mol. The maximum absolute atomic E-state index is 12.8. The van der Waals surface area contributed by atoms with Crippen LogP contribution in [0.2, 0.25) is 0 Å². The van der Waals surface area contributed by atoms with Gasteiger partial charge in [0.1, 0.15) is 43.2 Å². The van der Waals surface area contributed by atoms with Crippen LogP contribution >= 0.6 is 7.82 Å². The first-order valence-corrected chi connectivity index (χ1v) is 25.0. The van der Waals surface area contributed by atoms with E-state index >= 15 is 0 Å². The first-order chi connectivity index (χ1) is 29.8. The Kier molecular flexibility index (Phi) is 34.5. The van der Waals surface area contributed by atoms with E-state index in [1.807, 2.05) is 12.2 Å². The standard InChI is InChI=1S/C47H83O14P/c1-3-5-7-9-11-13-15-17-18-20-22-24-26-28-30-34-40(49)58-36-39(37-59-62(56,57)61-47-45(54)43(52)42(51)44(53)46(47)55)60-41(50)35-31-33-38(48)32-29-27-25-23-21-19-16-14-12-10-8-6-4-2/h13,15,19,21,25,27,29,32,38-39,42-48,51-55H,3-12,14,16-18,20,22-24,26,28,30-31,33-37H2,1-2H3,(H,56,57)/b15-13-,21-19+,27-25+,32-29+/t38?,39-,42?,43-,44+,45-,46-,47?/m1/s1. The maximum Gasteiger partial charge on any atom is 0.472 e. The van der Waals surface area contributed by atoms with Crippen LogP contribution in [0.3, 0.4) is 0 Å². The quantitative estimate of drug-likeness (QED) is 0.0102. The van der Waals surface area contributed by atoms with Crippen LogP contribution in [0.5, 0.6) is 0 Å². The summed E-state index contributed by atoms with van der Waals surface area (Å²) in [6, 6.07) is 0. The summed E-state index contributed by atoms with van der Waals surface area (Å²) in [5.74, 6) is -1.30. The predicted octanol–water partition coefficient (Wildman–Crippen LogP) is 8.14. The first kappa shape index (κ1) is 57.8. The van der Waals surface area contributed by atoms with Gasteiger partial charge in [-0.1, -0.05) is 146 Å². The molecule has 7 N–H and O–H groups in total. The van der Waals surface area contributed by atoms with Crippen LogP contribution in [0.15, 0.2) is 48.6 Å². The molecule has 14 nitrogen and oxygen atoms in total. The number of unbranched alkanes of at least 4 members (excludes halogenated alkanes) is 17. The summed E-state index contributed by atoms with van der Waals surface area (Å²) >= 11 is 0. The zero-order chi connectivity index (χ0) is 45.9. The molecule has 0 spiro atoms. The van der Waals surface area contributed by atoms with Crippen molar-refractivity contribution in [2.45, 2.75) is 223 Å². The highest BCUT2D eigenvalue weighted by molar-refractivity contribution is 7.47. The molecule has 9 atom stereocenters. The van der Waals surface area contributed by atoms with Crippen LogP contribution < -0.4 is 0 Å². The van der Waals surface area contributed by atoms with Crippen LogP contribution in [-0.2, 0) is 32.7 Å². The van der Waals surface area contributed by atoms with Crippen molar-refractivity contribution in [3.63, 3.8) is 0 Å². The zero-order valence-electron chi connectivity index (χ0n) is 37.8. The topological polar surface area (TPSA) is 230 Å². The number of rotatable bonds is 38. The maximum atomic E-state index is 12.8. The lowest BCUT2D eigenvalue weighted by molar-refractivity contribution is -0.220. The number of phosphoric ester groups is 1. The van der Waals surface area contributed by atoms with Gasteiger partial charge in [-0.25, -0.2) is 4.57 Å². The number of carbonyl (C=O) groups excluding carboxylic acids is 2. The number of carbonyl (C=O) groups is 2. The SMILES string of the molecule is CCCCCC/C=C\CCCCCCCCCC(=O)OC[C@H](COP(=O)(O)OC1[C@H](O)[C@H](O)C(O)[C@H](O)[C@H]1O)OC(=O)CCCC(O)/C=C/C=C/C/C=C/CCCCCCCC. The minimum Gasteiger partial charge on any atom is -0.462 e. The van der Waals surface area contributed by atoms with Crippen LogP contribution in [0.25, 0.3) is 0 Å². The van der Waals surface area contributed by atoms with Crippen LogP contribution in [0.4, 0.5) is 0 Å². The molecule has 15 heteroatoms. The van der Waals surface area contributed by atoms with E-state index < -0.39 is 81.8 Å². The highest BCUT2D eigenvalue weighted by atomic mass is 31.2. The Morgan fingerprint density at radius 3 is 1.65 bits per heavy atom. The third kappa shape index (κ3) is 29.3. The van der Waals surface area contributed by atoms with Gasteiger partial charge in [-0.3, -0.25) is 18.6 Å². The second-order valence-corrected chi connectivity index (χ2v) is 17.9. The van der Waals surface area contributed by atoms with Crippen molar-refractivity contribution in [2.24, 2.45) is 0 Å². The summed E-state index contributed by atoms with van der Waals surface area (Å²) < 4.78 is 33.4. The summed E-state index contributed by atoms with van der Waals surface area (Å²) in [5, 5.41) is 60.5. The van der Waals surface area contributed by atoms with Crippen molar-refractivity contribution in [2.75, 3.05) is 13.2 Å². The van der Waals surface area contributed by atoms with Gasteiger partial charge in [0.2, 0.25) is 0 Å². The molecule has 360 valence electrons. The molecule has 1 aliphatic rings. The van der Waals surface area contributed by atoms with Crippen LogP contribution in [0, 0.1) is 0 Å². The number of hydrogen-bond donors (Lipinski definition) is 7. The second kappa shape index (κ2) is 37.0. The number of ether oxygens (including phenoxy) is 2. The molecule has 0 aromatic rings. The highest BCUT2D eigenvalue weighted by Crippen LogP contribution is 2.47. The number of aliphatic hydroxyl groups is 6. The summed E-state index contributed by atoms with van der Waals surface area (Å²) in [7, 11) is -5.17. The van der Waals surface area contributed by atoms with Crippen molar-refractivity contribution in [3.8, 4) is 0 Å². The molecular weight excluding hydrogens is 819 g/mol. The third-order valence-electron chi connectivity index (χ3n) is 10.7. The molecule has 62 heavy (non-hydrogen) atoms. The van der Waals surface area contributed by atoms with Crippen molar-refractivity contribution < 1.29 is 68.2 Å². The van der Waals surface area contributed by atoms with Crippen LogP contribution in [0.1, 0.15) is 174 Å². The van der Waals surface area contributed by atoms with Gasteiger partial charge >= 0.3 is 19.8 Å². The molecule has 1 saturated carbocycles. The molecule has 0 saturated heterocycles. The van der Waals surface area contributed by atoms with Gasteiger partial charge in [0.25, 0.3) is 0 Å². The second-order valence-electron chi connectivity index (χ2n) is 16.5. The normalized spacial score (nSPS) is 22.8. The predicted molar refractivity (Wildman–Crippen MR) is 241 cm³/mol. The van der Waals surface area contributed by atoms with E-state index in [-0.39, 0.29) is 25.7 Å². The average molecular weight is 903 g/mol. The summed E-state index contributed by atoms with van der Waals surface area (Å²) in [5.41, 5.74) is 0. The number of allylic oxidation sites excluding steroid dienone is 7. The molecule has 0 heterocycles. The van der Waals surface area contributed by atoms with Gasteiger partial charge in [-0.2, -0.15) is 0 Å².